The molecule has 0 amide bonds. The van der Waals surface area contributed by atoms with Gasteiger partial charge in [-0.2, -0.15) is 0 Å². The third-order valence-electron chi connectivity index (χ3n) is 11.1. The number of nitrogens with zero attached hydrogens (tertiary/aromatic N) is 7. The Hall–Kier alpha value is -2.11. The molecular formula is C32H46N8O11P2S2Si. The Morgan fingerprint density at radius 3 is 2.48 bits per heavy atom. The molecule has 8 rings (SSSR count). The van der Waals surface area contributed by atoms with Crippen LogP contribution in [0, 0.1) is 0 Å². The van der Waals surface area contributed by atoms with Gasteiger partial charge in [-0.05, 0) is 60.2 Å². The first-order valence-corrected chi connectivity index (χ1v) is 26.5. The van der Waals surface area contributed by atoms with Crippen LogP contribution in [0.15, 0.2) is 30.0 Å². The van der Waals surface area contributed by atoms with Crippen LogP contribution in [0.4, 0.5) is 5.82 Å². The van der Waals surface area contributed by atoms with E-state index in [0.717, 1.165) is 36.2 Å². The molecule has 9 atom stereocenters. The lowest BCUT2D eigenvalue weighted by Crippen LogP contribution is -2.50. The van der Waals surface area contributed by atoms with Crippen LogP contribution in [0.2, 0.25) is 18.1 Å². The molecule has 24 heteroatoms. The van der Waals surface area contributed by atoms with Gasteiger partial charge < -0.3 is 52.2 Å². The Labute approximate surface area is 333 Å². The maximum absolute atomic E-state index is 13.2. The average molecular weight is 873 g/mol. The molecule has 0 saturated carbocycles. The van der Waals surface area contributed by atoms with E-state index in [9.17, 15) is 19.7 Å². The summed E-state index contributed by atoms with van der Waals surface area (Å²) < 4.78 is 49.3. The molecule has 8 heterocycles. The van der Waals surface area contributed by atoms with E-state index in [4.69, 9.17) is 55.6 Å². The van der Waals surface area contributed by atoms with Crippen molar-refractivity contribution in [3.8, 4) is 0 Å². The summed E-state index contributed by atoms with van der Waals surface area (Å²) in [5, 5.41) is 13.5. The Balaban J connectivity index is 1.14. The first kappa shape index (κ1) is 40.7. The monoisotopic (exact) mass is 872 g/mol. The first-order valence-electron chi connectivity index (χ1n) is 18.4. The normalized spacial score (nSPS) is 33.0. The van der Waals surface area contributed by atoms with E-state index in [1.807, 2.05) is 23.9 Å². The number of hydrogen-bond acceptors (Lipinski definition) is 16. The van der Waals surface area contributed by atoms with Crippen LogP contribution < -0.4 is 10.9 Å². The Kier molecular flexibility index (Phi) is 11.0. The number of ether oxygens (including phenoxy) is 2. The highest BCUT2D eigenvalue weighted by Crippen LogP contribution is 2.55. The number of fused-ring (bicyclic) bond motifs is 4. The standard InChI is InChI=1S/C32H46N8O11P2S2Si/c1-32(2,3)56(4,5)51-25-21-14-46-52(43,54)49-19-11-22(39-12-18-7-6-8-33-27-23(18)28(39)35-15-34-27)47-20(19)13-45-53(44,55)50-26(25)31(48-21)40-17-36-24-29(40)37-16-38(9-10-41)30(24)42/h12,15-17,19-22,25-26,31,41H,6-11,13-14H2,1-5H3,(H,43,54)(H,44,55)(H,33,34,35)/t19-,20+,21+,22+,25+,26+,31+,52?,53?/m0/s1. The fourth-order valence-electron chi connectivity index (χ4n) is 7.28. The molecule has 0 radical (unpaired) electrons. The van der Waals surface area contributed by atoms with Crippen LogP contribution in [0.5, 0.6) is 0 Å². The fourth-order valence-corrected chi connectivity index (χ4v) is 11.5. The molecule has 3 saturated heterocycles. The van der Waals surface area contributed by atoms with E-state index < -0.39 is 70.3 Å². The van der Waals surface area contributed by atoms with Gasteiger partial charge in [0.25, 0.3) is 5.56 Å². The van der Waals surface area contributed by atoms with E-state index in [1.165, 1.54) is 28.1 Å². The van der Waals surface area contributed by atoms with Crippen molar-refractivity contribution in [2.45, 2.75) is 108 Å². The zero-order valence-electron chi connectivity index (χ0n) is 31.5. The third-order valence-corrected chi connectivity index (χ3v) is 18.7. The van der Waals surface area contributed by atoms with Gasteiger partial charge in [0.05, 0.1) is 44.2 Å². The van der Waals surface area contributed by atoms with Gasteiger partial charge in [0.15, 0.2) is 25.7 Å². The summed E-state index contributed by atoms with van der Waals surface area (Å²) in [6.07, 6.45) is 1.70. The number of imidazole rings is 1. The summed E-state index contributed by atoms with van der Waals surface area (Å²) in [4.78, 5) is 54.4. The largest absolute Gasteiger partial charge is 0.408 e. The number of aliphatic hydroxyl groups is 1. The third kappa shape index (κ3) is 7.72. The highest BCUT2D eigenvalue weighted by molar-refractivity contribution is 8.07. The lowest BCUT2D eigenvalue weighted by molar-refractivity contribution is -0.0599. The van der Waals surface area contributed by atoms with Crippen LogP contribution in [0.1, 0.15) is 51.6 Å². The summed E-state index contributed by atoms with van der Waals surface area (Å²) >= 11 is 11.3. The molecule has 4 N–H and O–H groups in total. The Morgan fingerprint density at radius 2 is 1.73 bits per heavy atom. The van der Waals surface area contributed by atoms with E-state index >= 15 is 0 Å². The minimum atomic E-state index is -4.13. The van der Waals surface area contributed by atoms with E-state index in [-0.39, 0.29) is 49.0 Å². The molecule has 0 aromatic carbocycles. The van der Waals surface area contributed by atoms with Crippen molar-refractivity contribution in [1.82, 2.24) is 33.6 Å². The number of aliphatic hydroxyl groups excluding tert-OH is 1. The SMILES string of the molecule is CC(C)(C)[Si](C)(C)O[C@H]1[C@H]2OP(O)(=S)OC[C@H]3O[C@@H](n4cc5c6c(ncnc64)NCCC5)C[C@@H]3OP(O)(=S)OC[C@H]1O[C@H]2n1cnc2c(=O)n(CCO)cnc21. The quantitative estimate of drug-likeness (QED) is 0.161. The van der Waals surface area contributed by atoms with Gasteiger partial charge in [-0.15, -0.1) is 0 Å². The van der Waals surface area contributed by atoms with Crippen molar-refractivity contribution in [2.24, 2.45) is 0 Å². The van der Waals surface area contributed by atoms with Gasteiger partial charge in [0.1, 0.15) is 54.8 Å². The number of nitrogens with one attached hydrogen (secondary N) is 1. The van der Waals surface area contributed by atoms with Crippen LogP contribution in [-0.2, 0) is 68.6 Å². The molecule has 2 bridgehead atoms. The molecule has 0 spiro atoms. The topological polar surface area (TPSA) is 221 Å². The van der Waals surface area contributed by atoms with Crippen LogP contribution in [0.3, 0.4) is 0 Å². The van der Waals surface area contributed by atoms with Crippen LogP contribution in [-0.4, -0.2) is 114 Å². The smallest absolute Gasteiger partial charge is 0.325 e. The van der Waals surface area contributed by atoms with Gasteiger partial charge in [-0.1, -0.05) is 20.8 Å². The predicted octanol–water partition coefficient (Wildman–Crippen LogP) is 3.21. The number of hydrogen-bond donors (Lipinski definition) is 4. The molecule has 4 aromatic heterocycles. The second-order valence-electron chi connectivity index (χ2n) is 15.8. The van der Waals surface area contributed by atoms with E-state index in [2.05, 4.69) is 46.0 Å². The highest BCUT2D eigenvalue weighted by atomic mass is 32.5. The predicted molar refractivity (Wildman–Crippen MR) is 212 cm³/mol. The van der Waals surface area contributed by atoms with E-state index in [1.54, 1.807) is 0 Å². The van der Waals surface area contributed by atoms with E-state index in [0.29, 0.717) is 5.65 Å². The van der Waals surface area contributed by atoms with Crippen molar-refractivity contribution < 1.29 is 46.9 Å². The minimum Gasteiger partial charge on any atom is -0.408 e. The zero-order valence-corrected chi connectivity index (χ0v) is 35.9. The summed E-state index contributed by atoms with van der Waals surface area (Å²) in [5.41, 5.74) is 1.47. The maximum Gasteiger partial charge on any atom is 0.325 e. The molecule has 4 aromatic rings. The molecule has 4 aliphatic rings. The summed E-state index contributed by atoms with van der Waals surface area (Å²) in [6, 6.07) is 0. The molecule has 19 nitrogen and oxygen atoms in total. The van der Waals surface area contributed by atoms with Gasteiger partial charge in [-0.25, -0.2) is 19.9 Å². The van der Waals surface area contributed by atoms with Crippen molar-refractivity contribution >= 4 is 73.4 Å². The molecule has 0 aliphatic carbocycles. The van der Waals surface area contributed by atoms with Crippen LogP contribution in [0.25, 0.3) is 22.2 Å². The van der Waals surface area contributed by atoms with Crippen molar-refractivity contribution in [3.05, 3.63) is 41.1 Å². The summed E-state index contributed by atoms with van der Waals surface area (Å²) in [7, 11) is -2.62. The van der Waals surface area contributed by atoms with Gasteiger partial charge in [-0.3, -0.25) is 18.5 Å². The molecule has 56 heavy (non-hydrogen) atoms. The number of rotatable bonds is 6. The van der Waals surface area contributed by atoms with Gasteiger partial charge in [0.2, 0.25) is 0 Å². The zero-order chi connectivity index (χ0) is 39.8. The molecule has 3 fully saturated rings. The second kappa shape index (κ2) is 15.2. The average Bonchev–Trinajstić information content (AvgIpc) is 3.86. The van der Waals surface area contributed by atoms with Gasteiger partial charge >= 0.3 is 13.4 Å². The minimum absolute atomic E-state index is 0.0240. The summed E-state index contributed by atoms with van der Waals surface area (Å²) in [6.45, 7) is 2.18. The Morgan fingerprint density at radius 1 is 0.982 bits per heavy atom. The highest BCUT2D eigenvalue weighted by Gasteiger charge is 2.54. The van der Waals surface area contributed by atoms with Crippen LogP contribution >= 0.6 is 13.4 Å². The fraction of sp³-hybridized carbons (Fsp3) is 0.656. The van der Waals surface area contributed by atoms with Crippen molar-refractivity contribution in [1.29, 1.82) is 0 Å². The van der Waals surface area contributed by atoms with Crippen molar-refractivity contribution in [3.63, 3.8) is 0 Å². The number of aryl methyl sites for hydroxylation is 1. The lowest BCUT2D eigenvalue weighted by atomic mass is 10.1. The maximum atomic E-state index is 13.2. The molecule has 2 unspecified atom stereocenters. The first-order chi connectivity index (χ1) is 26.5. The van der Waals surface area contributed by atoms with Gasteiger partial charge in [0, 0.05) is 19.2 Å². The second-order valence-corrected chi connectivity index (χ2v) is 26.2. The summed E-state index contributed by atoms with van der Waals surface area (Å²) in [5.74, 6) is 0.753. The lowest BCUT2D eigenvalue weighted by Gasteiger charge is -2.40. The molecule has 4 aliphatic heterocycles. The number of aromatic nitrogens is 7. The molecule has 306 valence electrons. The Bertz CT molecular complexity index is 2290. The number of anilines is 1. The molecular weight excluding hydrogens is 827 g/mol. The van der Waals surface area contributed by atoms with Crippen molar-refractivity contribution in [2.75, 3.05) is 31.7 Å².